The van der Waals surface area contributed by atoms with Crippen LogP contribution in [-0.2, 0) is 6.42 Å². The number of hydrogen-bond acceptors (Lipinski definition) is 3. The standard InChI is InChI=1S/C16H14ClN3O/c17-13-8-4-7-12(10-13)15(21)16-18-14(19-20-16)9-11-5-2-1-3-6-11/h1-8,10,15,21H,9H2,(H,18,19,20). The van der Waals surface area contributed by atoms with Crippen molar-refractivity contribution in [2.45, 2.75) is 12.5 Å². The number of rotatable bonds is 4. The first kappa shape index (κ1) is 13.8. The Hall–Kier alpha value is -2.17. The van der Waals surface area contributed by atoms with E-state index in [1.807, 2.05) is 30.3 Å². The molecule has 1 aromatic heterocycles. The van der Waals surface area contributed by atoms with Gasteiger partial charge in [-0.25, -0.2) is 4.98 Å². The number of aliphatic hydroxyl groups is 1. The maximum absolute atomic E-state index is 10.3. The Morgan fingerprint density at radius 2 is 1.90 bits per heavy atom. The molecule has 0 saturated heterocycles. The van der Waals surface area contributed by atoms with E-state index in [2.05, 4.69) is 15.2 Å². The Labute approximate surface area is 127 Å². The lowest BCUT2D eigenvalue weighted by molar-refractivity contribution is 0.210. The molecule has 5 heteroatoms. The molecule has 3 aromatic rings. The molecule has 0 aliphatic rings. The van der Waals surface area contributed by atoms with E-state index in [4.69, 9.17) is 11.6 Å². The van der Waals surface area contributed by atoms with E-state index in [-0.39, 0.29) is 0 Å². The van der Waals surface area contributed by atoms with Crippen LogP contribution in [0.15, 0.2) is 54.6 Å². The summed E-state index contributed by atoms with van der Waals surface area (Å²) in [5.74, 6) is 1.07. The number of halogens is 1. The third-order valence-corrected chi connectivity index (χ3v) is 3.41. The van der Waals surface area contributed by atoms with Crippen LogP contribution in [0.1, 0.15) is 28.9 Å². The lowest BCUT2D eigenvalue weighted by Gasteiger charge is -2.06. The normalized spacial score (nSPS) is 12.3. The third-order valence-electron chi connectivity index (χ3n) is 3.17. The number of nitrogens with zero attached hydrogens (tertiary/aromatic N) is 2. The van der Waals surface area contributed by atoms with E-state index >= 15 is 0 Å². The first-order valence-electron chi connectivity index (χ1n) is 6.61. The van der Waals surface area contributed by atoms with Crippen LogP contribution in [0.5, 0.6) is 0 Å². The van der Waals surface area contributed by atoms with Gasteiger partial charge in [-0.15, -0.1) is 0 Å². The summed E-state index contributed by atoms with van der Waals surface area (Å²) in [6.07, 6.45) is -0.236. The topological polar surface area (TPSA) is 61.8 Å². The Morgan fingerprint density at radius 1 is 1.10 bits per heavy atom. The van der Waals surface area contributed by atoms with E-state index in [9.17, 15) is 5.11 Å². The van der Waals surface area contributed by atoms with E-state index in [1.54, 1.807) is 24.3 Å². The Bertz CT molecular complexity index is 727. The highest BCUT2D eigenvalue weighted by Crippen LogP contribution is 2.22. The molecule has 21 heavy (non-hydrogen) atoms. The second-order valence-electron chi connectivity index (χ2n) is 4.76. The summed E-state index contributed by atoms with van der Waals surface area (Å²) in [5, 5.41) is 17.8. The number of H-pyrrole nitrogens is 1. The number of aliphatic hydroxyl groups excluding tert-OH is 1. The van der Waals surface area contributed by atoms with Gasteiger partial charge in [-0.3, -0.25) is 5.10 Å². The molecular weight excluding hydrogens is 286 g/mol. The monoisotopic (exact) mass is 299 g/mol. The number of aromatic nitrogens is 3. The van der Waals surface area contributed by atoms with Crippen LogP contribution >= 0.6 is 11.6 Å². The molecule has 1 heterocycles. The van der Waals surface area contributed by atoms with Gasteiger partial charge in [-0.1, -0.05) is 54.1 Å². The van der Waals surface area contributed by atoms with Gasteiger partial charge in [0.25, 0.3) is 0 Å². The summed E-state index contributed by atoms with van der Waals surface area (Å²) in [4.78, 5) is 4.35. The van der Waals surface area contributed by atoms with Crippen LogP contribution in [0.3, 0.4) is 0 Å². The van der Waals surface area contributed by atoms with Gasteiger partial charge in [-0.05, 0) is 23.3 Å². The third kappa shape index (κ3) is 3.29. The fraction of sp³-hybridized carbons (Fsp3) is 0.125. The minimum atomic E-state index is -0.885. The van der Waals surface area contributed by atoms with Gasteiger partial charge in [0, 0.05) is 11.4 Å². The van der Waals surface area contributed by atoms with Gasteiger partial charge in [0.15, 0.2) is 5.82 Å². The predicted octanol–water partition coefficient (Wildman–Crippen LogP) is 3.13. The van der Waals surface area contributed by atoms with E-state index in [1.165, 1.54) is 0 Å². The maximum Gasteiger partial charge on any atom is 0.183 e. The Balaban J connectivity index is 1.78. The summed E-state index contributed by atoms with van der Waals surface area (Å²) in [5.41, 5.74) is 1.81. The molecular formula is C16H14ClN3O. The van der Waals surface area contributed by atoms with Gasteiger partial charge in [0.2, 0.25) is 0 Å². The second-order valence-corrected chi connectivity index (χ2v) is 5.20. The molecule has 1 unspecified atom stereocenters. The molecule has 0 aliphatic heterocycles. The van der Waals surface area contributed by atoms with Crippen LogP contribution in [0, 0.1) is 0 Å². The number of nitrogens with one attached hydrogen (secondary N) is 1. The van der Waals surface area contributed by atoms with Gasteiger partial charge < -0.3 is 5.11 Å². The molecule has 0 aliphatic carbocycles. The molecule has 0 spiro atoms. The van der Waals surface area contributed by atoms with Crippen molar-refractivity contribution in [2.75, 3.05) is 0 Å². The number of hydrogen-bond donors (Lipinski definition) is 2. The smallest absolute Gasteiger partial charge is 0.183 e. The van der Waals surface area contributed by atoms with E-state index in [0.29, 0.717) is 22.8 Å². The molecule has 4 nitrogen and oxygen atoms in total. The molecule has 0 fully saturated rings. The van der Waals surface area contributed by atoms with E-state index in [0.717, 1.165) is 11.4 Å². The van der Waals surface area contributed by atoms with Gasteiger partial charge >= 0.3 is 0 Å². The van der Waals surface area contributed by atoms with Crippen molar-refractivity contribution in [3.8, 4) is 0 Å². The molecule has 2 aromatic carbocycles. The number of aromatic amines is 1. The maximum atomic E-state index is 10.3. The fourth-order valence-electron chi connectivity index (χ4n) is 2.13. The SMILES string of the molecule is OC(c1cccc(Cl)c1)c1n[nH]c(Cc2ccccc2)n1. The average molecular weight is 300 g/mol. The quantitative estimate of drug-likeness (QED) is 0.778. The average Bonchev–Trinajstić information content (AvgIpc) is 2.96. The van der Waals surface area contributed by atoms with E-state index < -0.39 is 6.10 Å². The van der Waals surface area contributed by atoms with Crippen molar-refractivity contribution in [3.05, 3.63) is 82.4 Å². The minimum Gasteiger partial charge on any atom is -0.380 e. The molecule has 0 amide bonds. The largest absolute Gasteiger partial charge is 0.380 e. The van der Waals surface area contributed by atoms with Crippen LogP contribution in [-0.4, -0.2) is 20.3 Å². The zero-order valence-electron chi connectivity index (χ0n) is 11.2. The Morgan fingerprint density at radius 3 is 2.67 bits per heavy atom. The van der Waals surface area contributed by atoms with Gasteiger partial charge in [-0.2, -0.15) is 5.10 Å². The number of benzene rings is 2. The predicted molar refractivity (Wildman–Crippen MR) is 81.1 cm³/mol. The summed E-state index contributed by atoms with van der Waals surface area (Å²) in [7, 11) is 0. The lowest BCUT2D eigenvalue weighted by Crippen LogP contribution is -2.02. The van der Waals surface area contributed by atoms with Crippen LogP contribution < -0.4 is 0 Å². The van der Waals surface area contributed by atoms with Crippen molar-refractivity contribution in [2.24, 2.45) is 0 Å². The van der Waals surface area contributed by atoms with Crippen LogP contribution in [0.25, 0.3) is 0 Å². The summed E-state index contributed by atoms with van der Waals surface area (Å²) in [6.45, 7) is 0. The molecule has 0 saturated carbocycles. The van der Waals surface area contributed by atoms with Crippen molar-refractivity contribution in [1.82, 2.24) is 15.2 Å². The zero-order chi connectivity index (χ0) is 14.7. The van der Waals surface area contributed by atoms with Crippen molar-refractivity contribution in [1.29, 1.82) is 0 Å². The van der Waals surface area contributed by atoms with Crippen LogP contribution in [0.4, 0.5) is 0 Å². The Kier molecular flexibility index (Phi) is 3.99. The first-order chi connectivity index (χ1) is 10.2. The molecule has 0 radical (unpaired) electrons. The second kappa shape index (κ2) is 6.08. The van der Waals surface area contributed by atoms with Gasteiger partial charge in [0.1, 0.15) is 11.9 Å². The van der Waals surface area contributed by atoms with Crippen molar-refractivity contribution >= 4 is 11.6 Å². The molecule has 106 valence electrons. The van der Waals surface area contributed by atoms with Gasteiger partial charge in [0.05, 0.1) is 0 Å². The summed E-state index contributed by atoms with van der Waals surface area (Å²) in [6, 6.07) is 17.0. The van der Waals surface area contributed by atoms with Crippen LogP contribution in [0.2, 0.25) is 5.02 Å². The zero-order valence-corrected chi connectivity index (χ0v) is 12.0. The summed E-state index contributed by atoms with van der Waals surface area (Å²) >= 11 is 5.93. The highest BCUT2D eigenvalue weighted by Gasteiger charge is 2.16. The van der Waals surface area contributed by atoms with Crippen molar-refractivity contribution < 1.29 is 5.11 Å². The highest BCUT2D eigenvalue weighted by molar-refractivity contribution is 6.30. The highest BCUT2D eigenvalue weighted by atomic mass is 35.5. The molecule has 0 bridgehead atoms. The molecule has 1 atom stereocenters. The first-order valence-corrected chi connectivity index (χ1v) is 6.99. The van der Waals surface area contributed by atoms with Crippen molar-refractivity contribution in [3.63, 3.8) is 0 Å². The molecule has 2 N–H and O–H groups in total. The fourth-order valence-corrected chi connectivity index (χ4v) is 2.33. The molecule has 3 rings (SSSR count). The summed E-state index contributed by atoms with van der Waals surface area (Å²) < 4.78 is 0. The minimum absolute atomic E-state index is 0.350. The lowest BCUT2D eigenvalue weighted by atomic mass is 10.1.